The number of hydrogen-bond donors (Lipinski definition) is 1. The number of nitrogens with zero attached hydrogens (tertiary/aromatic N) is 2. The van der Waals surface area contributed by atoms with Gasteiger partial charge in [0, 0.05) is 13.6 Å². The Hall–Kier alpha value is -2.10. The Kier molecular flexibility index (Phi) is 4.93. The number of nitrogens with one attached hydrogen (secondary N) is 1. The summed E-state index contributed by atoms with van der Waals surface area (Å²) in [6, 6.07) is 12.6. The molecular weight excluding hydrogens is 253 g/mol. The topological polar surface area (TPSA) is 28.2 Å². The highest BCUT2D eigenvalue weighted by molar-refractivity contribution is 5.47. The van der Waals surface area contributed by atoms with Crippen molar-refractivity contribution in [2.45, 2.75) is 19.9 Å². The summed E-state index contributed by atoms with van der Waals surface area (Å²) in [4.78, 5) is 6.39. The van der Waals surface area contributed by atoms with Crippen LogP contribution in [0.4, 0.5) is 15.9 Å². The first-order chi connectivity index (χ1) is 9.70. The highest BCUT2D eigenvalue weighted by Crippen LogP contribution is 2.19. The standard InChI is InChI=1S/C16H20FN3/c1-3-11-18-16-10-6-7-13(19-16)12-20(2)15-9-5-4-8-14(15)17/h4-10H,3,11-12H2,1-2H3,(H,18,19). The van der Waals surface area contributed by atoms with Crippen molar-refractivity contribution < 1.29 is 4.39 Å². The van der Waals surface area contributed by atoms with Crippen LogP contribution < -0.4 is 10.2 Å². The van der Waals surface area contributed by atoms with Gasteiger partial charge in [-0.1, -0.05) is 25.1 Å². The first kappa shape index (κ1) is 14.3. The van der Waals surface area contributed by atoms with Crippen LogP contribution in [-0.2, 0) is 6.54 Å². The predicted molar refractivity (Wildman–Crippen MR) is 81.5 cm³/mol. The molecule has 0 atom stereocenters. The Morgan fingerprint density at radius 3 is 2.70 bits per heavy atom. The molecule has 0 aliphatic heterocycles. The number of aromatic nitrogens is 1. The van der Waals surface area contributed by atoms with Crippen LogP contribution in [-0.4, -0.2) is 18.6 Å². The van der Waals surface area contributed by atoms with Crippen LogP contribution >= 0.6 is 0 Å². The molecule has 1 aromatic carbocycles. The molecule has 0 amide bonds. The maximum absolute atomic E-state index is 13.7. The van der Waals surface area contributed by atoms with E-state index >= 15 is 0 Å². The average molecular weight is 273 g/mol. The number of rotatable bonds is 6. The monoisotopic (exact) mass is 273 g/mol. The molecule has 0 saturated heterocycles. The summed E-state index contributed by atoms with van der Waals surface area (Å²) in [5.74, 6) is 0.654. The normalized spacial score (nSPS) is 10.3. The Morgan fingerprint density at radius 1 is 1.15 bits per heavy atom. The first-order valence-electron chi connectivity index (χ1n) is 6.86. The van der Waals surface area contributed by atoms with E-state index in [1.54, 1.807) is 12.1 Å². The van der Waals surface area contributed by atoms with Crippen molar-refractivity contribution in [1.82, 2.24) is 4.98 Å². The van der Waals surface area contributed by atoms with E-state index in [0.717, 1.165) is 24.5 Å². The highest BCUT2D eigenvalue weighted by atomic mass is 19.1. The third-order valence-electron chi connectivity index (χ3n) is 3.03. The SMILES string of the molecule is CCCNc1cccc(CN(C)c2ccccc2F)n1. The zero-order chi connectivity index (χ0) is 14.4. The van der Waals surface area contributed by atoms with Crippen molar-refractivity contribution in [3.05, 3.63) is 54.0 Å². The van der Waals surface area contributed by atoms with Gasteiger partial charge in [0.2, 0.25) is 0 Å². The van der Waals surface area contributed by atoms with Gasteiger partial charge in [-0.15, -0.1) is 0 Å². The molecule has 0 aliphatic rings. The van der Waals surface area contributed by atoms with Crippen LogP contribution in [0.1, 0.15) is 19.0 Å². The van der Waals surface area contributed by atoms with Crippen molar-refractivity contribution >= 4 is 11.5 Å². The second-order valence-corrected chi connectivity index (χ2v) is 4.75. The van der Waals surface area contributed by atoms with E-state index in [9.17, 15) is 4.39 Å². The Balaban J connectivity index is 2.08. The largest absolute Gasteiger partial charge is 0.370 e. The Morgan fingerprint density at radius 2 is 1.95 bits per heavy atom. The van der Waals surface area contributed by atoms with Gasteiger partial charge in [-0.25, -0.2) is 9.37 Å². The van der Waals surface area contributed by atoms with Gasteiger partial charge >= 0.3 is 0 Å². The summed E-state index contributed by atoms with van der Waals surface area (Å²) in [6.45, 7) is 3.59. The molecule has 0 spiro atoms. The lowest BCUT2D eigenvalue weighted by Crippen LogP contribution is -2.18. The Bertz CT molecular complexity index is 557. The minimum absolute atomic E-state index is 0.213. The first-order valence-corrected chi connectivity index (χ1v) is 6.86. The fourth-order valence-electron chi connectivity index (χ4n) is 2.01. The van der Waals surface area contributed by atoms with E-state index in [2.05, 4.69) is 17.2 Å². The van der Waals surface area contributed by atoms with Crippen LogP contribution in [0.3, 0.4) is 0 Å². The molecule has 0 bridgehead atoms. The van der Waals surface area contributed by atoms with Crippen molar-refractivity contribution in [2.24, 2.45) is 0 Å². The molecule has 3 nitrogen and oxygen atoms in total. The molecule has 1 aromatic heterocycles. The minimum atomic E-state index is -0.213. The molecule has 4 heteroatoms. The molecule has 1 heterocycles. The number of hydrogen-bond acceptors (Lipinski definition) is 3. The van der Waals surface area contributed by atoms with Crippen molar-refractivity contribution in [2.75, 3.05) is 23.8 Å². The second-order valence-electron chi connectivity index (χ2n) is 4.75. The van der Waals surface area contributed by atoms with E-state index in [0.29, 0.717) is 12.2 Å². The van der Waals surface area contributed by atoms with Gasteiger partial charge in [-0.2, -0.15) is 0 Å². The number of para-hydroxylation sites is 1. The fraction of sp³-hybridized carbons (Fsp3) is 0.312. The lowest BCUT2D eigenvalue weighted by molar-refractivity contribution is 0.622. The molecule has 0 fully saturated rings. The van der Waals surface area contributed by atoms with Gasteiger partial charge in [-0.3, -0.25) is 0 Å². The zero-order valence-corrected chi connectivity index (χ0v) is 11.9. The molecule has 106 valence electrons. The van der Waals surface area contributed by atoms with Gasteiger partial charge in [0.25, 0.3) is 0 Å². The van der Waals surface area contributed by atoms with Gasteiger partial charge in [-0.05, 0) is 30.7 Å². The molecule has 0 unspecified atom stereocenters. The molecule has 1 N–H and O–H groups in total. The number of pyridine rings is 1. The van der Waals surface area contributed by atoms with Gasteiger partial charge in [0.05, 0.1) is 17.9 Å². The third-order valence-corrected chi connectivity index (χ3v) is 3.03. The van der Waals surface area contributed by atoms with Gasteiger partial charge in [0.15, 0.2) is 0 Å². The highest BCUT2D eigenvalue weighted by Gasteiger charge is 2.08. The van der Waals surface area contributed by atoms with E-state index in [1.807, 2.05) is 36.2 Å². The third kappa shape index (κ3) is 3.70. The fourth-order valence-corrected chi connectivity index (χ4v) is 2.01. The van der Waals surface area contributed by atoms with Crippen LogP contribution in [0.25, 0.3) is 0 Å². The maximum atomic E-state index is 13.7. The molecule has 2 aromatic rings. The predicted octanol–water partition coefficient (Wildman–Crippen LogP) is 3.68. The summed E-state index contributed by atoms with van der Waals surface area (Å²) < 4.78 is 13.7. The van der Waals surface area contributed by atoms with Gasteiger partial charge in [0.1, 0.15) is 11.6 Å². The summed E-state index contributed by atoms with van der Waals surface area (Å²) >= 11 is 0. The molecule has 0 radical (unpaired) electrons. The van der Waals surface area contributed by atoms with Crippen molar-refractivity contribution in [3.63, 3.8) is 0 Å². The van der Waals surface area contributed by atoms with Crippen LogP contribution in [0, 0.1) is 5.82 Å². The minimum Gasteiger partial charge on any atom is -0.370 e. The van der Waals surface area contributed by atoms with Gasteiger partial charge < -0.3 is 10.2 Å². The maximum Gasteiger partial charge on any atom is 0.146 e. The van der Waals surface area contributed by atoms with E-state index in [4.69, 9.17) is 0 Å². The zero-order valence-electron chi connectivity index (χ0n) is 11.9. The molecular formula is C16H20FN3. The molecule has 0 saturated carbocycles. The number of anilines is 2. The quantitative estimate of drug-likeness (QED) is 0.870. The number of benzene rings is 1. The second kappa shape index (κ2) is 6.89. The average Bonchev–Trinajstić information content (AvgIpc) is 2.46. The number of halogens is 1. The van der Waals surface area contributed by atoms with Crippen molar-refractivity contribution in [1.29, 1.82) is 0 Å². The summed E-state index contributed by atoms with van der Waals surface area (Å²) in [5.41, 5.74) is 1.50. The van der Waals surface area contributed by atoms with E-state index in [-0.39, 0.29) is 5.82 Å². The lowest BCUT2D eigenvalue weighted by Gasteiger charge is -2.19. The summed E-state index contributed by atoms with van der Waals surface area (Å²) in [7, 11) is 1.87. The Labute approximate surface area is 119 Å². The van der Waals surface area contributed by atoms with Crippen LogP contribution in [0.2, 0.25) is 0 Å². The van der Waals surface area contributed by atoms with Crippen LogP contribution in [0.5, 0.6) is 0 Å². The summed E-state index contributed by atoms with van der Waals surface area (Å²) in [6.07, 6.45) is 1.06. The molecule has 0 aliphatic carbocycles. The smallest absolute Gasteiger partial charge is 0.146 e. The van der Waals surface area contributed by atoms with E-state index in [1.165, 1.54) is 6.07 Å². The van der Waals surface area contributed by atoms with Crippen LogP contribution in [0.15, 0.2) is 42.5 Å². The summed E-state index contributed by atoms with van der Waals surface area (Å²) in [5, 5.41) is 3.26. The lowest BCUT2D eigenvalue weighted by atomic mass is 10.2. The molecule has 20 heavy (non-hydrogen) atoms. The van der Waals surface area contributed by atoms with Crippen molar-refractivity contribution in [3.8, 4) is 0 Å². The van der Waals surface area contributed by atoms with E-state index < -0.39 is 0 Å². The molecule has 2 rings (SSSR count).